The van der Waals surface area contributed by atoms with Crippen LogP contribution < -0.4 is 5.32 Å². The summed E-state index contributed by atoms with van der Waals surface area (Å²) in [5.74, 6) is -0.303. The summed E-state index contributed by atoms with van der Waals surface area (Å²) in [6, 6.07) is 18.1. The first-order chi connectivity index (χ1) is 14.9. The van der Waals surface area contributed by atoms with E-state index in [0.717, 1.165) is 22.5 Å². The van der Waals surface area contributed by atoms with Crippen molar-refractivity contribution in [3.63, 3.8) is 0 Å². The lowest BCUT2D eigenvalue weighted by Crippen LogP contribution is -2.27. The van der Waals surface area contributed by atoms with Crippen LogP contribution in [0, 0.1) is 19.7 Å². The van der Waals surface area contributed by atoms with Crippen molar-refractivity contribution in [3.8, 4) is 11.3 Å². The summed E-state index contributed by atoms with van der Waals surface area (Å²) in [6.07, 6.45) is 0.938. The van der Waals surface area contributed by atoms with Gasteiger partial charge in [-0.05, 0) is 50.5 Å². The van der Waals surface area contributed by atoms with Crippen molar-refractivity contribution in [3.05, 3.63) is 89.0 Å². The number of aromatic nitrogens is 3. The summed E-state index contributed by atoms with van der Waals surface area (Å²) in [4.78, 5) is 17.2. The second-order valence-corrected chi connectivity index (χ2v) is 7.77. The van der Waals surface area contributed by atoms with Crippen LogP contribution in [0.25, 0.3) is 16.9 Å². The average molecular weight is 417 g/mol. The summed E-state index contributed by atoms with van der Waals surface area (Å²) in [7, 11) is 0. The molecule has 0 fully saturated rings. The van der Waals surface area contributed by atoms with E-state index < -0.39 is 0 Å². The van der Waals surface area contributed by atoms with Crippen molar-refractivity contribution < 1.29 is 9.18 Å². The summed E-state index contributed by atoms with van der Waals surface area (Å²) < 4.78 is 15.4. The average Bonchev–Trinajstić information content (AvgIpc) is 3.18. The van der Waals surface area contributed by atoms with Crippen LogP contribution in [0.2, 0.25) is 0 Å². The largest absolute Gasteiger partial charge is 0.350 e. The third kappa shape index (κ3) is 4.48. The first-order valence-corrected chi connectivity index (χ1v) is 10.4. The lowest BCUT2D eigenvalue weighted by Gasteiger charge is -2.15. The molecule has 0 aliphatic rings. The number of benzene rings is 2. The number of aryl methyl sites for hydroxylation is 2. The number of amides is 1. The predicted molar refractivity (Wildman–Crippen MR) is 119 cm³/mol. The zero-order valence-electron chi connectivity index (χ0n) is 17.9. The fourth-order valence-corrected chi connectivity index (χ4v) is 3.85. The zero-order chi connectivity index (χ0) is 22.0. The molecule has 0 saturated carbocycles. The Kier molecular flexibility index (Phi) is 5.80. The van der Waals surface area contributed by atoms with Crippen molar-refractivity contribution in [1.29, 1.82) is 0 Å². The van der Waals surface area contributed by atoms with E-state index in [1.807, 2.05) is 63.2 Å². The van der Waals surface area contributed by atoms with E-state index in [9.17, 15) is 9.18 Å². The number of halogens is 1. The van der Waals surface area contributed by atoms with E-state index >= 15 is 0 Å². The normalized spacial score (nSPS) is 12.1. The van der Waals surface area contributed by atoms with Gasteiger partial charge < -0.3 is 5.32 Å². The van der Waals surface area contributed by atoms with Gasteiger partial charge in [0.15, 0.2) is 5.65 Å². The molecule has 6 heteroatoms. The van der Waals surface area contributed by atoms with Crippen molar-refractivity contribution in [2.75, 3.05) is 0 Å². The van der Waals surface area contributed by atoms with Gasteiger partial charge in [-0.25, -0.2) is 13.9 Å². The molecule has 1 amide bonds. The van der Waals surface area contributed by atoms with Gasteiger partial charge in [-0.15, -0.1) is 0 Å². The molecular formula is C25H25FN4O. The second kappa shape index (κ2) is 8.68. The molecule has 0 radical (unpaired) electrons. The smallest absolute Gasteiger partial charge is 0.220 e. The number of carbonyl (C=O) groups is 1. The van der Waals surface area contributed by atoms with Gasteiger partial charge in [0.25, 0.3) is 0 Å². The number of rotatable bonds is 6. The van der Waals surface area contributed by atoms with Crippen molar-refractivity contribution in [2.45, 2.75) is 39.7 Å². The molecule has 0 bridgehead atoms. The molecule has 0 unspecified atom stereocenters. The number of hydrogen-bond donors (Lipinski definition) is 1. The Morgan fingerprint density at radius 1 is 1.10 bits per heavy atom. The van der Waals surface area contributed by atoms with Crippen LogP contribution in [0.1, 0.15) is 41.9 Å². The van der Waals surface area contributed by atoms with Crippen LogP contribution in [0.4, 0.5) is 4.39 Å². The molecule has 0 spiro atoms. The lowest BCUT2D eigenvalue weighted by atomic mass is 10.1. The zero-order valence-corrected chi connectivity index (χ0v) is 17.9. The van der Waals surface area contributed by atoms with Gasteiger partial charge in [-0.3, -0.25) is 4.79 Å². The Hall–Kier alpha value is -3.54. The maximum absolute atomic E-state index is 13.6. The van der Waals surface area contributed by atoms with Crippen LogP contribution in [-0.2, 0) is 11.2 Å². The fraction of sp³-hybridized carbons (Fsp3) is 0.240. The number of nitrogens with one attached hydrogen (secondary N) is 1. The van der Waals surface area contributed by atoms with Gasteiger partial charge in [0.2, 0.25) is 5.91 Å². The summed E-state index contributed by atoms with van der Waals surface area (Å²) in [5, 5.41) is 7.68. The molecular weight excluding hydrogens is 391 g/mol. The van der Waals surface area contributed by atoms with Crippen LogP contribution in [-0.4, -0.2) is 20.5 Å². The Morgan fingerprint density at radius 2 is 1.87 bits per heavy atom. The van der Waals surface area contributed by atoms with Crippen LogP contribution in [0.3, 0.4) is 0 Å². The van der Waals surface area contributed by atoms with E-state index in [1.54, 1.807) is 10.6 Å². The summed E-state index contributed by atoms with van der Waals surface area (Å²) in [5.41, 5.74) is 5.98. The van der Waals surface area contributed by atoms with Gasteiger partial charge in [-0.2, -0.15) is 5.10 Å². The molecule has 2 heterocycles. The predicted octanol–water partition coefficient (Wildman–Crippen LogP) is 4.96. The van der Waals surface area contributed by atoms with Crippen molar-refractivity contribution in [2.24, 2.45) is 0 Å². The van der Waals surface area contributed by atoms with Gasteiger partial charge in [0.05, 0.1) is 11.7 Å². The number of hydrogen-bond acceptors (Lipinski definition) is 3. The lowest BCUT2D eigenvalue weighted by molar-refractivity contribution is -0.121. The van der Waals surface area contributed by atoms with Crippen LogP contribution in [0.5, 0.6) is 0 Å². The molecule has 4 rings (SSSR count). The molecule has 0 saturated heterocycles. The molecule has 0 aliphatic heterocycles. The van der Waals surface area contributed by atoms with Crippen LogP contribution in [0.15, 0.2) is 60.7 Å². The van der Waals surface area contributed by atoms with Gasteiger partial charge in [0.1, 0.15) is 5.82 Å². The standard InChI is InChI=1S/C25H25FN4O/c1-16(19-8-5-4-6-9-19)28-25(31)13-12-22-17(2)27-24-15-23(29-30(24)18(22)3)20-10-7-11-21(26)14-20/h4-11,14-16H,12-13H2,1-3H3,(H,28,31)/t16-/m0/s1. The third-order valence-corrected chi connectivity index (χ3v) is 5.56. The second-order valence-electron chi connectivity index (χ2n) is 7.77. The highest BCUT2D eigenvalue weighted by atomic mass is 19.1. The monoisotopic (exact) mass is 416 g/mol. The van der Waals surface area contributed by atoms with E-state index in [0.29, 0.717) is 29.7 Å². The number of nitrogens with zero attached hydrogens (tertiary/aromatic N) is 3. The topological polar surface area (TPSA) is 59.3 Å². The fourth-order valence-electron chi connectivity index (χ4n) is 3.85. The van der Waals surface area contributed by atoms with E-state index in [1.165, 1.54) is 12.1 Å². The molecule has 1 N–H and O–H groups in total. The van der Waals surface area contributed by atoms with Crippen LogP contribution >= 0.6 is 0 Å². The SMILES string of the molecule is Cc1nc2cc(-c3cccc(F)c3)nn2c(C)c1CCC(=O)N[C@@H](C)c1ccccc1. The summed E-state index contributed by atoms with van der Waals surface area (Å²) >= 11 is 0. The minimum Gasteiger partial charge on any atom is -0.350 e. The minimum atomic E-state index is -0.299. The Labute approximate surface area is 181 Å². The van der Waals surface area contributed by atoms with Gasteiger partial charge in [0, 0.05) is 29.4 Å². The maximum atomic E-state index is 13.6. The van der Waals surface area contributed by atoms with Crippen molar-refractivity contribution in [1.82, 2.24) is 19.9 Å². The molecule has 2 aromatic heterocycles. The highest BCUT2D eigenvalue weighted by Crippen LogP contribution is 2.23. The first kappa shape index (κ1) is 20.7. The number of carbonyl (C=O) groups excluding carboxylic acids is 1. The van der Waals surface area contributed by atoms with Gasteiger partial charge in [-0.1, -0.05) is 42.5 Å². The summed E-state index contributed by atoms with van der Waals surface area (Å²) in [6.45, 7) is 5.90. The molecule has 31 heavy (non-hydrogen) atoms. The molecule has 158 valence electrons. The Bertz CT molecular complexity index is 1230. The Morgan fingerprint density at radius 3 is 2.61 bits per heavy atom. The first-order valence-electron chi connectivity index (χ1n) is 10.4. The van der Waals surface area contributed by atoms with Gasteiger partial charge >= 0.3 is 0 Å². The van der Waals surface area contributed by atoms with E-state index in [4.69, 9.17) is 0 Å². The highest BCUT2D eigenvalue weighted by Gasteiger charge is 2.15. The molecule has 0 aliphatic carbocycles. The maximum Gasteiger partial charge on any atom is 0.220 e. The van der Waals surface area contributed by atoms with E-state index in [2.05, 4.69) is 15.4 Å². The molecule has 4 aromatic rings. The van der Waals surface area contributed by atoms with Crippen molar-refractivity contribution >= 4 is 11.6 Å². The molecule has 1 atom stereocenters. The minimum absolute atomic E-state index is 0.00355. The highest BCUT2D eigenvalue weighted by molar-refractivity contribution is 5.76. The quantitative estimate of drug-likeness (QED) is 0.483. The third-order valence-electron chi connectivity index (χ3n) is 5.56. The number of fused-ring (bicyclic) bond motifs is 1. The Balaban J connectivity index is 1.52. The molecule has 5 nitrogen and oxygen atoms in total. The van der Waals surface area contributed by atoms with E-state index in [-0.39, 0.29) is 17.8 Å². The molecule has 2 aromatic carbocycles.